The second-order valence-electron chi connectivity index (χ2n) is 6.51. The van der Waals surface area contributed by atoms with Crippen molar-refractivity contribution < 1.29 is 13.2 Å². The molecule has 0 bridgehead atoms. The molecule has 0 N–H and O–H groups in total. The maximum Gasteiger partial charge on any atom is 0.245 e. The maximum atomic E-state index is 13.3. The van der Waals surface area contributed by atoms with E-state index in [1.165, 1.54) is 4.31 Å². The normalized spacial score (nSPS) is 19.1. The van der Waals surface area contributed by atoms with Gasteiger partial charge in [-0.3, -0.25) is 9.67 Å². The van der Waals surface area contributed by atoms with Gasteiger partial charge in [0.05, 0.1) is 24.4 Å². The number of hydrogen-bond acceptors (Lipinski definition) is 5. The van der Waals surface area contributed by atoms with E-state index in [9.17, 15) is 8.42 Å². The minimum absolute atomic E-state index is 0.238. The van der Waals surface area contributed by atoms with Crippen LogP contribution in [0.4, 0.5) is 0 Å². The van der Waals surface area contributed by atoms with Crippen LogP contribution in [0.2, 0.25) is 0 Å². The molecule has 26 heavy (non-hydrogen) atoms. The van der Waals surface area contributed by atoms with Gasteiger partial charge >= 0.3 is 0 Å². The van der Waals surface area contributed by atoms with Crippen LogP contribution < -0.4 is 0 Å². The van der Waals surface area contributed by atoms with Gasteiger partial charge in [-0.25, -0.2) is 8.42 Å². The van der Waals surface area contributed by atoms with Crippen LogP contribution in [0.5, 0.6) is 0 Å². The number of ether oxygens (including phenoxy) is 1. The molecule has 136 valence electrons. The Balaban J connectivity index is 1.70. The maximum absolute atomic E-state index is 13.3. The first-order chi connectivity index (χ1) is 12.4. The molecule has 1 aliphatic rings. The third kappa shape index (κ3) is 3.00. The molecule has 4 rings (SSSR count). The number of morpholine rings is 1. The summed E-state index contributed by atoms with van der Waals surface area (Å²) >= 11 is 0. The van der Waals surface area contributed by atoms with Gasteiger partial charge < -0.3 is 4.74 Å². The van der Waals surface area contributed by atoms with E-state index in [-0.39, 0.29) is 17.5 Å². The molecular formula is C18H20N4O3S. The van der Waals surface area contributed by atoms with Crippen LogP contribution in [0.1, 0.15) is 17.2 Å². The zero-order valence-electron chi connectivity index (χ0n) is 14.7. The Hall–Kier alpha value is -2.29. The van der Waals surface area contributed by atoms with Gasteiger partial charge in [0.15, 0.2) is 0 Å². The average Bonchev–Trinajstić information content (AvgIpc) is 3.07. The molecule has 1 saturated heterocycles. The Morgan fingerprint density at radius 3 is 2.88 bits per heavy atom. The number of fused-ring (bicyclic) bond motifs is 1. The number of nitrogens with zero attached hydrogens (tertiary/aromatic N) is 4. The third-order valence-electron chi connectivity index (χ3n) is 4.55. The summed E-state index contributed by atoms with van der Waals surface area (Å²) in [6, 6.07) is 7.20. The van der Waals surface area contributed by atoms with Gasteiger partial charge in [0.2, 0.25) is 10.0 Å². The molecule has 3 heterocycles. The topological polar surface area (TPSA) is 77.3 Å². The molecule has 1 fully saturated rings. The predicted octanol–water partition coefficient (Wildman–Crippen LogP) is 2.04. The van der Waals surface area contributed by atoms with Crippen LogP contribution >= 0.6 is 0 Å². The highest BCUT2D eigenvalue weighted by Crippen LogP contribution is 2.29. The van der Waals surface area contributed by atoms with Crippen molar-refractivity contribution in [1.82, 2.24) is 19.1 Å². The van der Waals surface area contributed by atoms with Crippen molar-refractivity contribution >= 4 is 20.9 Å². The Labute approximate surface area is 152 Å². The Bertz CT molecular complexity index is 1060. The molecule has 0 unspecified atom stereocenters. The first-order valence-electron chi connectivity index (χ1n) is 8.41. The van der Waals surface area contributed by atoms with Crippen molar-refractivity contribution in [2.45, 2.75) is 17.9 Å². The molecule has 2 aromatic heterocycles. The Kier molecular flexibility index (Phi) is 4.26. The van der Waals surface area contributed by atoms with Crippen LogP contribution in [-0.2, 0) is 21.8 Å². The van der Waals surface area contributed by atoms with Gasteiger partial charge in [-0.1, -0.05) is 12.1 Å². The molecule has 3 aromatic rings. The molecule has 1 aliphatic heterocycles. The van der Waals surface area contributed by atoms with Crippen LogP contribution in [0.3, 0.4) is 0 Å². The van der Waals surface area contributed by atoms with Gasteiger partial charge in [-0.15, -0.1) is 0 Å². The van der Waals surface area contributed by atoms with E-state index in [1.807, 2.05) is 32.3 Å². The highest BCUT2D eigenvalue weighted by molar-refractivity contribution is 7.89. The SMILES string of the molecule is Cc1cnc2c(S(=O)(=O)N3CCO[C@H](c4cnn(C)c4)C3)cccc2c1. The Morgan fingerprint density at radius 1 is 1.27 bits per heavy atom. The monoisotopic (exact) mass is 372 g/mol. The first-order valence-corrected chi connectivity index (χ1v) is 9.85. The number of para-hydroxylation sites is 1. The van der Waals surface area contributed by atoms with E-state index in [0.717, 1.165) is 16.5 Å². The summed E-state index contributed by atoms with van der Waals surface area (Å²) in [5.41, 5.74) is 2.37. The second-order valence-corrected chi connectivity index (χ2v) is 8.42. The molecule has 1 aromatic carbocycles. The first kappa shape index (κ1) is 17.1. The van der Waals surface area contributed by atoms with Gasteiger partial charge in [0, 0.05) is 43.5 Å². The molecule has 1 atom stereocenters. The van der Waals surface area contributed by atoms with Crippen molar-refractivity contribution in [2.24, 2.45) is 7.05 Å². The van der Waals surface area contributed by atoms with Crippen molar-refractivity contribution in [1.29, 1.82) is 0 Å². The number of aryl methyl sites for hydroxylation is 2. The quantitative estimate of drug-likeness (QED) is 0.703. The lowest BCUT2D eigenvalue weighted by atomic mass is 10.2. The van der Waals surface area contributed by atoms with Gasteiger partial charge in [-0.2, -0.15) is 9.40 Å². The predicted molar refractivity (Wildman–Crippen MR) is 97.1 cm³/mol. The number of hydrogen-bond donors (Lipinski definition) is 0. The number of sulfonamides is 1. The number of pyridine rings is 1. The fourth-order valence-corrected chi connectivity index (χ4v) is 4.83. The third-order valence-corrected chi connectivity index (χ3v) is 6.45. The van der Waals surface area contributed by atoms with Crippen LogP contribution in [0, 0.1) is 6.92 Å². The summed E-state index contributed by atoms with van der Waals surface area (Å²) in [5.74, 6) is 0. The summed E-state index contributed by atoms with van der Waals surface area (Å²) in [4.78, 5) is 4.61. The minimum atomic E-state index is -3.67. The molecule has 0 spiro atoms. The Morgan fingerprint density at radius 2 is 2.12 bits per heavy atom. The van der Waals surface area contributed by atoms with E-state index in [0.29, 0.717) is 18.7 Å². The number of rotatable bonds is 3. The smallest absolute Gasteiger partial charge is 0.245 e. The van der Waals surface area contributed by atoms with Crippen molar-refractivity contribution in [2.75, 3.05) is 19.7 Å². The standard InChI is InChI=1S/C18H20N4O3S/c1-13-8-14-4-3-5-17(18(14)19-9-13)26(23,24)22-6-7-25-16(12-22)15-10-20-21(2)11-15/h3-5,8-11,16H,6-7,12H2,1-2H3/t16-/m0/s1. The lowest BCUT2D eigenvalue weighted by molar-refractivity contribution is -0.00257. The van der Waals surface area contributed by atoms with Gasteiger partial charge in [-0.05, 0) is 24.6 Å². The van der Waals surface area contributed by atoms with Gasteiger partial charge in [0.25, 0.3) is 0 Å². The minimum Gasteiger partial charge on any atom is -0.371 e. The second kappa shape index (κ2) is 6.46. The summed E-state index contributed by atoms with van der Waals surface area (Å²) in [6.07, 6.45) is 4.93. The molecule has 0 aliphatic carbocycles. The van der Waals surface area contributed by atoms with E-state index < -0.39 is 10.0 Å². The molecule has 7 nitrogen and oxygen atoms in total. The molecule has 0 radical (unpaired) electrons. The number of benzene rings is 1. The van der Waals surface area contributed by atoms with Crippen LogP contribution in [-0.4, -0.2) is 47.2 Å². The number of aromatic nitrogens is 3. The lowest BCUT2D eigenvalue weighted by Crippen LogP contribution is -2.42. The molecule has 8 heteroatoms. The fourth-order valence-electron chi connectivity index (χ4n) is 3.24. The zero-order valence-corrected chi connectivity index (χ0v) is 15.5. The van der Waals surface area contributed by atoms with E-state index in [2.05, 4.69) is 10.1 Å². The zero-order chi connectivity index (χ0) is 18.3. The molecular weight excluding hydrogens is 352 g/mol. The summed E-state index contributed by atoms with van der Waals surface area (Å²) in [6.45, 7) is 2.86. The highest BCUT2D eigenvalue weighted by atomic mass is 32.2. The van der Waals surface area contributed by atoms with E-state index in [4.69, 9.17) is 4.74 Å². The fraction of sp³-hybridized carbons (Fsp3) is 0.333. The van der Waals surface area contributed by atoms with Crippen LogP contribution in [0.15, 0.2) is 47.8 Å². The van der Waals surface area contributed by atoms with E-state index in [1.54, 1.807) is 29.2 Å². The van der Waals surface area contributed by atoms with Crippen molar-refractivity contribution in [3.63, 3.8) is 0 Å². The summed E-state index contributed by atoms with van der Waals surface area (Å²) in [7, 11) is -1.85. The molecule has 0 saturated carbocycles. The summed E-state index contributed by atoms with van der Waals surface area (Å²) < 4.78 is 35.5. The van der Waals surface area contributed by atoms with Crippen molar-refractivity contribution in [3.05, 3.63) is 54.0 Å². The highest BCUT2D eigenvalue weighted by Gasteiger charge is 2.33. The summed E-state index contributed by atoms with van der Waals surface area (Å²) in [5, 5.41) is 4.97. The van der Waals surface area contributed by atoms with E-state index >= 15 is 0 Å². The molecule has 0 amide bonds. The largest absolute Gasteiger partial charge is 0.371 e. The van der Waals surface area contributed by atoms with Crippen LogP contribution in [0.25, 0.3) is 10.9 Å². The van der Waals surface area contributed by atoms with Crippen molar-refractivity contribution in [3.8, 4) is 0 Å². The van der Waals surface area contributed by atoms with Gasteiger partial charge in [0.1, 0.15) is 4.90 Å². The lowest BCUT2D eigenvalue weighted by Gasteiger charge is -2.31. The average molecular weight is 372 g/mol.